The van der Waals surface area contributed by atoms with Gasteiger partial charge in [0.25, 0.3) is 0 Å². The molecule has 1 heterocycles. The molecule has 0 aliphatic carbocycles. The van der Waals surface area contributed by atoms with Gasteiger partial charge in [0.1, 0.15) is 5.75 Å². The summed E-state index contributed by atoms with van der Waals surface area (Å²) >= 11 is 6.13. The Morgan fingerprint density at radius 1 is 1.50 bits per heavy atom. The summed E-state index contributed by atoms with van der Waals surface area (Å²) < 4.78 is 5.14. The van der Waals surface area contributed by atoms with Gasteiger partial charge in [0, 0.05) is 12.6 Å². The Labute approximate surface area is 124 Å². The van der Waals surface area contributed by atoms with Gasteiger partial charge in [-0.2, -0.15) is 0 Å². The van der Waals surface area contributed by atoms with Crippen LogP contribution >= 0.6 is 11.6 Å². The van der Waals surface area contributed by atoms with Crippen molar-refractivity contribution in [3.05, 3.63) is 28.8 Å². The van der Waals surface area contributed by atoms with Crippen LogP contribution in [0.2, 0.25) is 5.02 Å². The first-order valence-corrected chi connectivity index (χ1v) is 7.26. The molecule has 1 aromatic carbocycles. The van der Waals surface area contributed by atoms with Crippen LogP contribution in [0.1, 0.15) is 31.2 Å². The van der Waals surface area contributed by atoms with E-state index in [2.05, 4.69) is 4.90 Å². The zero-order valence-corrected chi connectivity index (χ0v) is 12.4. The highest BCUT2D eigenvalue weighted by molar-refractivity contribution is 6.32. The Morgan fingerprint density at radius 3 is 2.95 bits per heavy atom. The highest BCUT2D eigenvalue weighted by Gasteiger charge is 2.24. The van der Waals surface area contributed by atoms with E-state index in [4.69, 9.17) is 21.4 Å². The van der Waals surface area contributed by atoms with Crippen molar-refractivity contribution < 1.29 is 14.6 Å². The number of carboxylic acids is 1. The first kappa shape index (κ1) is 15.1. The van der Waals surface area contributed by atoms with E-state index in [0.29, 0.717) is 10.8 Å². The predicted octanol–water partition coefficient (Wildman–Crippen LogP) is 3.18. The second kappa shape index (κ2) is 6.95. The number of hydrogen-bond acceptors (Lipinski definition) is 3. The molecule has 0 bridgehead atoms. The lowest BCUT2D eigenvalue weighted by Crippen LogP contribution is -2.40. The van der Waals surface area contributed by atoms with Gasteiger partial charge in [-0.15, -0.1) is 0 Å². The summed E-state index contributed by atoms with van der Waals surface area (Å²) in [5.41, 5.74) is 1.09. The molecule has 1 aliphatic heterocycles. The first-order valence-electron chi connectivity index (χ1n) is 6.88. The molecule has 0 aromatic heterocycles. The standard InChI is InChI=1S/C15H20ClNO3/c1-20-14-6-5-11(8-13(14)16)10-17-7-3-2-4-12(17)9-15(18)19/h5-6,8,12H,2-4,7,9-10H2,1H3,(H,18,19). The van der Waals surface area contributed by atoms with E-state index in [1.807, 2.05) is 18.2 Å². The number of aliphatic carboxylic acids is 1. The number of nitrogens with zero attached hydrogens (tertiary/aromatic N) is 1. The number of carboxylic acid groups (broad SMARTS) is 1. The van der Waals surface area contributed by atoms with Crippen LogP contribution in [0.15, 0.2) is 18.2 Å². The highest BCUT2D eigenvalue weighted by Crippen LogP contribution is 2.27. The maximum Gasteiger partial charge on any atom is 0.304 e. The van der Waals surface area contributed by atoms with Crippen LogP contribution in [0.4, 0.5) is 0 Å². The summed E-state index contributed by atoms with van der Waals surface area (Å²) in [6, 6.07) is 5.86. The van der Waals surface area contributed by atoms with Crippen molar-refractivity contribution in [3.8, 4) is 5.75 Å². The molecule has 1 atom stereocenters. The monoisotopic (exact) mass is 297 g/mol. The van der Waals surface area contributed by atoms with E-state index in [0.717, 1.165) is 37.9 Å². The third kappa shape index (κ3) is 3.87. The van der Waals surface area contributed by atoms with E-state index in [9.17, 15) is 4.79 Å². The van der Waals surface area contributed by atoms with Gasteiger partial charge in [0.05, 0.1) is 18.6 Å². The summed E-state index contributed by atoms with van der Waals surface area (Å²) in [5, 5.41) is 9.59. The van der Waals surface area contributed by atoms with E-state index in [1.54, 1.807) is 7.11 Å². The second-order valence-corrected chi connectivity index (χ2v) is 5.59. The van der Waals surface area contributed by atoms with Crippen LogP contribution in [0, 0.1) is 0 Å². The maximum absolute atomic E-state index is 10.9. The lowest BCUT2D eigenvalue weighted by molar-refractivity contribution is -0.138. The minimum atomic E-state index is -0.727. The Hall–Kier alpha value is -1.26. The number of methoxy groups -OCH3 is 1. The smallest absolute Gasteiger partial charge is 0.304 e. The lowest BCUT2D eigenvalue weighted by atomic mass is 9.98. The second-order valence-electron chi connectivity index (χ2n) is 5.19. The van der Waals surface area contributed by atoms with E-state index < -0.39 is 5.97 Å². The molecule has 1 fully saturated rings. The molecule has 0 saturated carbocycles. The van der Waals surface area contributed by atoms with E-state index >= 15 is 0 Å². The number of hydrogen-bond donors (Lipinski definition) is 1. The number of halogens is 1. The summed E-state index contributed by atoms with van der Waals surface area (Å²) in [6.45, 7) is 1.68. The molecule has 1 aliphatic rings. The lowest BCUT2D eigenvalue weighted by Gasteiger charge is -2.35. The molecule has 0 radical (unpaired) electrons. The van der Waals surface area contributed by atoms with Crippen molar-refractivity contribution in [1.82, 2.24) is 4.90 Å². The van der Waals surface area contributed by atoms with E-state index in [1.165, 1.54) is 0 Å². The number of benzene rings is 1. The normalized spacial score (nSPS) is 19.8. The third-order valence-corrected chi connectivity index (χ3v) is 4.06. The van der Waals surface area contributed by atoms with Crippen molar-refractivity contribution in [2.24, 2.45) is 0 Å². The molecule has 5 heteroatoms. The van der Waals surface area contributed by atoms with Gasteiger partial charge < -0.3 is 9.84 Å². The largest absolute Gasteiger partial charge is 0.495 e. The molecule has 1 aromatic rings. The average molecular weight is 298 g/mol. The molecule has 4 nitrogen and oxygen atoms in total. The molecule has 1 unspecified atom stereocenters. The van der Waals surface area contributed by atoms with Gasteiger partial charge in [-0.05, 0) is 37.1 Å². The maximum atomic E-state index is 10.9. The predicted molar refractivity (Wildman–Crippen MR) is 78.3 cm³/mol. The number of rotatable bonds is 5. The fourth-order valence-corrected chi connectivity index (χ4v) is 3.02. The molecular formula is C15H20ClNO3. The van der Waals surface area contributed by atoms with Crippen molar-refractivity contribution in [2.75, 3.05) is 13.7 Å². The summed E-state index contributed by atoms with van der Waals surface area (Å²) in [5.74, 6) is -0.0641. The van der Waals surface area contributed by atoms with Crippen molar-refractivity contribution >= 4 is 17.6 Å². The first-order chi connectivity index (χ1) is 9.60. The molecule has 0 spiro atoms. The molecular weight excluding hydrogens is 278 g/mol. The van der Waals surface area contributed by atoms with Crippen molar-refractivity contribution in [3.63, 3.8) is 0 Å². The fourth-order valence-electron chi connectivity index (χ4n) is 2.74. The molecule has 1 N–H and O–H groups in total. The van der Waals surface area contributed by atoms with Gasteiger partial charge in [-0.25, -0.2) is 0 Å². The highest BCUT2D eigenvalue weighted by atomic mass is 35.5. The van der Waals surface area contributed by atoms with Gasteiger partial charge in [-0.3, -0.25) is 9.69 Å². The van der Waals surface area contributed by atoms with Crippen molar-refractivity contribution in [2.45, 2.75) is 38.3 Å². The number of carbonyl (C=O) groups is 1. The van der Waals surface area contributed by atoms with E-state index in [-0.39, 0.29) is 12.5 Å². The number of piperidine rings is 1. The van der Waals surface area contributed by atoms with Gasteiger partial charge in [-0.1, -0.05) is 24.1 Å². The fraction of sp³-hybridized carbons (Fsp3) is 0.533. The summed E-state index contributed by atoms with van der Waals surface area (Å²) in [6.07, 6.45) is 3.40. The minimum absolute atomic E-state index is 0.127. The zero-order valence-electron chi connectivity index (χ0n) is 11.6. The van der Waals surface area contributed by atoms with Crippen LogP contribution < -0.4 is 4.74 Å². The quantitative estimate of drug-likeness (QED) is 0.907. The summed E-state index contributed by atoms with van der Waals surface area (Å²) in [4.78, 5) is 13.2. The minimum Gasteiger partial charge on any atom is -0.495 e. The SMILES string of the molecule is COc1ccc(CN2CCCCC2CC(=O)O)cc1Cl. The van der Waals surface area contributed by atoms with Gasteiger partial charge in [0.2, 0.25) is 0 Å². The Balaban J connectivity index is 2.06. The Bertz CT molecular complexity index is 478. The Morgan fingerprint density at radius 2 is 2.30 bits per heavy atom. The average Bonchev–Trinajstić information content (AvgIpc) is 2.41. The summed E-state index contributed by atoms with van der Waals surface area (Å²) in [7, 11) is 1.59. The molecule has 1 saturated heterocycles. The molecule has 0 amide bonds. The third-order valence-electron chi connectivity index (χ3n) is 3.76. The van der Waals surface area contributed by atoms with Crippen LogP contribution in [0.25, 0.3) is 0 Å². The van der Waals surface area contributed by atoms with Crippen LogP contribution in [-0.2, 0) is 11.3 Å². The molecule has 20 heavy (non-hydrogen) atoms. The molecule has 110 valence electrons. The Kier molecular flexibility index (Phi) is 5.26. The van der Waals surface area contributed by atoms with Crippen LogP contribution in [-0.4, -0.2) is 35.7 Å². The molecule has 2 rings (SSSR count). The number of ether oxygens (including phenoxy) is 1. The topological polar surface area (TPSA) is 49.8 Å². The number of likely N-dealkylation sites (tertiary alicyclic amines) is 1. The van der Waals surface area contributed by atoms with Crippen molar-refractivity contribution in [1.29, 1.82) is 0 Å². The van der Waals surface area contributed by atoms with Gasteiger partial charge in [0.15, 0.2) is 0 Å². The van der Waals surface area contributed by atoms with Crippen LogP contribution in [0.3, 0.4) is 0 Å². The van der Waals surface area contributed by atoms with Gasteiger partial charge >= 0.3 is 5.97 Å². The zero-order chi connectivity index (χ0) is 14.5. The van der Waals surface area contributed by atoms with Crippen LogP contribution in [0.5, 0.6) is 5.75 Å².